The van der Waals surface area contributed by atoms with Crippen LogP contribution in [0, 0.1) is 0 Å². The molecule has 1 saturated heterocycles. The van der Waals surface area contributed by atoms with Crippen molar-refractivity contribution in [3.05, 3.63) is 50.5 Å². The van der Waals surface area contributed by atoms with E-state index in [1.54, 1.807) is 16.2 Å². The van der Waals surface area contributed by atoms with E-state index >= 15 is 0 Å². The predicted octanol–water partition coefficient (Wildman–Crippen LogP) is 0.921. The Bertz CT molecular complexity index is 1050. The average molecular weight is 426 g/mol. The Hall–Kier alpha value is -2.62. The number of thiazole rings is 1. The lowest BCUT2D eigenvalue weighted by molar-refractivity contribution is -0.136. The van der Waals surface area contributed by atoms with Crippen molar-refractivity contribution in [2.45, 2.75) is 51.5 Å². The van der Waals surface area contributed by atoms with Gasteiger partial charge in [-0.25, -0.2) is 4.98 Å². The normalized spacial score (nSPS) is 21.6. The molecule has 4 heterocycles. The van der Waals surface area contributed by atoms with Crippen molar-refractivity contribution in [1.29, 1.82) is 0 Å². The summed E-state index contributed by atoms with van der Waals surface area (Å²) in [5.41, 5.74) is 9.59. The summed E-state index contributed by atoms with van der Waals surface area (Å²) in [4.78, 5) is 46.4. The molecule has 1 atom stereocenters. The molecule has 9 heteroatoms. The number of rotatable bonds is 4. The summed E-state index contributed by atoms with van der Waals surface area (Å²) in [6.45, 7) is 3.46. The van der Waals surface area contributed by atoms with E-state index in [0.29, 0.717) is 25.1 Å². The first kappa shape index (κ1) is 19.3. The monoisotopic (exact) mass is 425 g/mol. The number of piperidine rings is 1. The van der Waals surface area contributed by atoms with Crippen molar-refractivity contribution in [2.75, 3.05) is 6.54 Å². The summed E-state index contributed by atoms with van der Waals surface area (Å²) in [6.07, 6.45) is 1.63. The van der Waals surface area contributed by atoms with Gasteiger partial charge in [0.2, 0.25) is 11.8 Å². The number of imide groups is 1. The van der Waals surface area contributed by atoms with Gasteiger partial charge in [0.25, 0.3) is 5.91 Å². The maximum atomic E-state index is 12.8. The van der Waals surface area contributed by atoms with Gasteiger partial charge in [0, 0.05) is 49.6 Å². The fourth-order valence-corrected chi connectivity index (χ4v) is 5.46. The van der Waals surface area contributed by atoms with Crippen LogP contribution in [0.2, 0.25) is 0 Å². The third-order valence-electron chi connectivity index (χ3n) is 6.02. The largest absolute Gasteiger partial charge is 0.325 e. The first-order valence-corrected chi connectivity index (χ1v) is 11.0. The minimum Gasteiger partial charge on any atom is -0.325 e. The van der Waals surface area contributed by atoms with E-state index in [-0.39, 0.29) is 24.1 Å². The molecule has 8 nitrogen and oxygen atoms in total. The summed E-state index contributed by atoms with van der Waals surface area (Å²) in [5.74, 6) is -0.784. The minimum absolute atomic E-state index is 0.134. The second-order valence-corrected chi connectivity index (χ2v) is 9.20. The number of fused-ring (bicyclic) bond motifs is 2. The zero-order chi connectivity index (χ0) is 20.8. The lowest BCUT2D eigenvalue weighted by Gasteiger charge is -2.29. The van der Waals surface area contributed by atoms with Gasteiger partial charge < -0.3 is 10.6 Å². The van der Waals surface area contributed by atoms with Crippen molar-refractivity contribution in [3.8, 4) is 0 Å². The van der Waals surface area contributed by atoms with Crippen LogP contribution in [0.25, 0.3) is 0 Å². The first-order chi connectivity index (χ1) is 14.5. The standard InChI is InChI=1S/C21H23N5O3S/c22-8-19-23-15-11-25(6-5-17(15)30-19)9-12-1-2-14-13(7-12)10-26(21(14)29)16-3-4-18(27)24-20(16)28/h1-2,7,16H,3-6,8-11,22H2,(H,24,27,28). The zero-order valence-corrected chi connectivity index (χ0v) is 17.3. The van der Waals surface area contributed by atoms with Crippen LogP contribution in [-0.2, 0) is 42.2 Å². The molecule has 1 fully saturated rings. The Labute approximate surface area is 178 Å². The highest BCUT2D eigenvalue weighted by Gasteiger charge is 2.39. The number of benzene rings is 1. The maximum Gasteiger partial charge on any atom is 0.255 e. The molecule has 1 unspecified atom stereocenters. The number of aromatic nitrogens is 1. The third-order valence-corrected chi connectivity index (χ3v) is 7.20. The molecular formula is C21H23N5O3S. The number of carbonyl (C=O) groups is 3. The number of nitrogens with zero attached hydrogens (tertiary/aromatic N) is 3. The molecule has 0 bridgehead atoms. The first-order valence-electron chi connectivity index (χ1n) is 10.2. The zero-order valence-electron chi connectivity index (χ0n) is 16.5. The molecule has 3 N–H and O–H groups in total. The minimum atomic E-state index is -0.576. The molecule has 5 rings (SSSR count). The van der Waals surface area contributed by atoms with E-state index in [1.807, 2.05) is 12.1 Å². The van der Waals surface area contributed by atoms with Gasteiger partial charge in [0.15, 0.2) is 0 Å². The highest BCUT2D eigenvalue weighted by molar-refractivity contribution is 7.11. The second-order valence-electron chi connectivity index (χ2n) is 8.03. The molecule has 3 amide bonds. The van der Waals surface area contributed by atoms with Gasteiger partial charge in [0.05, 0.1) is 5.69 Å². The van der Waals surface area contributed by atoms with E-state index in [1.165, 1.54) is 4.88 Å². The second kappa shape index (κ2) is 7.57. The summed E-state index contributed by atoms with van der Waals surface area (Å²) < 4.78 is 0. The lowest BCUT2D eigenvalue weighted by atomic mass is 10.0. The number of hydrogen-bond acceptors (Lipinski definition) is 7. The number of nitrogens with one attached hydrogen (secondary N) is 1. The van der Waals surface area contributed by atoms with E-state index in [9.17, 15) is 14.4 Å². The Morgan fingerprint density at radius 3 is 2.87 bits per heavy atom. The van der Waals surface area contributed by atoms with Crippen molar-refractivity contribution in [3.63, 3.8) is 0 Å². The number of amides is 3. The van der Waals surface area contributed by atoms with Crippen LogP contribution in [0.15, 0.2) is 18.2 Å². The van der Waals surface area contributed by atoms with Gasteiger partial charge in [-0.2, -0.15) is 0 Å². The van der Waals surface area contributed by atoms with Crippen LogP contribution >= 0.6 is 11.3 Å². The van der Waals surface area contributed by atoms with Crippen molar-refractivity contribution in [2.24, 2.45) is 5.73 Å². The Kier molecular flexibility index (Phi) is 4.88. The van der Waals surface area contributed by atoms with Gasteiger partial charge in [-0.15, -0.1) is 11.3 Å². The Morgan fingerprint density at radius 2 is 2.07 bits per heavy atom. The summed E-state index contributed by atoms with van der Waals surface area (Å²) in [6, 6.07) is 5.35. The van der Waals surface area contributed by atoms with Crippen LogP contribution in [-0.4, -0.2) is 45.1 Å². The van der Waals surface area contributed by atoms with E-state index in [2.05, 4.69) is 21.3 Å². The number of carbonyl (C=O) groups excluding carboxylic acids is 3. The molecule has 1 aromatic carbocycles. The highest BCUT2D eigenvalue weighted by Crippen LogP contribution is 2.30. The van der Waals surface area contributed by atoms with E-state index < -0.39 is 6.04 Å². The Balaban J connectivity index is 1.29. The summed E-state index contributed by atoms with van der Waals surface area (Å²) in [7, 11) is 0. The molecule has 3 aliphatic rings. The van der Waals surface area contributed by atoms with E-state index in [4.69, 9.17) is 5.73 Å². The summed E-state index contributed by atoms with van der Waals surface area (Å²) >= 11 is 1.71. The Morgan fingerprint density at radius 1 is 1.20 bits per heavy atom. The SMILES string of the molecule is NCc1nc2c(s1)CCN(Cc1ccc3c(c1)CN(C1CCC(=O)NC1=O)C3=O)C2. The highest BCUT2D eigenvalue weighted by atomic mass is 32.1. The average Bonchev–Trinajstić information content (AvgIpc) is 3.28. The molecule has 0 spiro atoms. The molecule has 156 valence electrons. The van der Waals surface area contributed by atoms with Gasteiger partial charge in [-0.3, -0.25) is 24.6 Å². The molecule has 3 aliphatic heterocycles. The van der Waals surface area contributed by atoms with Crippen LogP contribution in [0.4, 0.5) is 0 Å². The smallest absolute Gasteiger partial charge is 0.255 e. The third kappa shape index (κ3) is 3.42. The predicted molar refractivity (Wildman–Crippen MR) is 110 cm³/mol. The van der Waals surface area contributed by atoms with Crippen LogP contribution < -0.4 is 11.1 Å². The molecule has 2 aromatic rings. The molecular weight excluding hydrogens is 402 g/mol. The molecule has 0 aliphatic carbocycles. The lowest BCUT2D eigenvalue weighted by Crippen LogP contribution is -2.52. The molecule has 1 aromatic heterocycles. The van der Waals surface area contributed by atoms with Crippen molar-refractivity contribution in [1.82, 2.24) is 20.1 Å². The topological polar surface area (TPSA) is 109 Å². The fourth-order valence-electron chi connectivity index (χ4n) is 4.51. The van der Waals surface area contributed by atoms with Gasteiger partial charge >= 0.3 is 0 Å². The van der Waals surface area contributed by atoms with Gasteiger partial charge in [-0.05, 0) is 30.0 Å². The molecule has 0 radical (unpaired) electrons. The quantitative estimate of drug-likeness (QED) is 0.706. The van der Waals surface area contributed by atoms with Crippen molar-refractivity contribution >= 4 is 29.1 Å². The van der Waals surface area contributed by atoms with E-state index in [0.717, 1.165) is 47.9 Å². The molecule has 0 saturated carbocycles. The van der Waals surface area contributed by atoms with Crippen LogP contribution in [0.5, 0.6) is 0 Å². The van der Waals surface area contributed by atoms with Gasteiger partial charge in [-0.1, -0.05) is 12.1 Å². The van der Waals surface area contributed by atoms with Crippen molar-refractivity contribution < 1.29 is 14.4 Å². The van der Waals surface area contributed by atoms with Crippen LogP contribution in [0.3, 0.4) is 0 Å². The number of hydrogen-bond donors (Lipinski definition) is 2. The fraction of sp³-hybridized carbons (Fsp3) is 0.429. The number of nitrogens with two attached hydrogens (primary N) is 1. The van der Waals surface area contributed by atoms with Gasteiger partial charge in [0.1, 0.15) is 11.0 Å². The maximum absolute atomic E-state index is 12.8. The molecule has 30 heavy (non-hydrogen) atoms. The van der Waals surface area contributed by atoms with Crippen LogP contribution in [0.1, 0.15) is 49.9 Å². The summed E-state index contributed by atoms with van der Waals surface area (Å²) in [5, 5.41) is 3.33.